The topological polar surface area (TPSA) is 41.6 Å². The van der Waals surface area contributed by atoms with Crippen LogP contribution in [0.5, 0.6) is 0 Å². The van der Waals surface area contributed by atoms with Crippen LogP contribution < -0.4 is 5.32 Å². The quantitative estimate of drug-likeness (QED) is 0.768. The number of carbonyl (C=O) groups excluding carboxylic acids is 1. The third-order valence-electron chi connectivity index (χ3n) is 3.97. The predicted octanol–water partition coefficient (Wildman–Crippen LogP) is 1.52. The Morgan fingerprint density at radius 2 is 2.10 bits per heavy atom. The molecule has 110 valence electrons. The lowest BCUT2D eigenvalue weighted by Gasteiger charge is -2.33. The van der Waals surface area contributed by atoms with Crippen LogP contribution >= 0.6 is 0 Å². The molecule has 4 nitrogen and oxygen atoms in total. The van der Waals surface area contributed by atoms with Crippen LogP contribution in [0.3, 0.4) is 0 Å². The number of carbonyl (C=O) groups is 1. The minimum atomic E-state index is 0.107. The molecule has 20 heavy (non-hydrogen) atoms. The van der Waals surface area contributed by atoms with E-state index in [2.05, 4.69) is 5.32 Å². The van der Waals surface area contributed by atoms with Crippen molar-refractivity contribution in [2.24, 2.45) is 11.8 Å². The summed E-state index contributed by atoms with van der Waals surface area (Å²) < 4.78 is 5.61. The lowest BCUT2D eigenvalue weighted by molar-refractivity contribution is -0.136. The molecule has 0 aromatic heterocycles. The van der Waals surface area contributed by atoms with Crippen molar-refractivity contribution < 1.29 is 9.53 Å². The zero-order valence-electron chi connectivity index (χ0n) is 12.3. The summed E-state index contributed by atoms with van der Waals surface area (Å²) in [6, 6.07) is 10.1. The van der Waals surface area contributed by atoms with Crippen molar-refractivity contribution in [1.29, 1.82) is 0 Å². The molecule has 1 amide bonds. The number of hydrogen-bond acceptors (Lipinski definition) is 3. The van der Waals surface area contributed by atoms with Gasteiger partial charge in [0.1, 0.15) is 0 Å². The van der Waals surface area contributed by atoms with E-state index in [4.69, 9.17) is 4.74 Å². The summed E-state index contributed by atoms with van der Waals surface area (Å²) in [6.07, 6.45) is 0. The molecule has 1 aromatic rings. The molecule has 0 radical (unpaired) electrons. The smallest absolute Gasteiger partial charge is 0.225 e. The number of ether oxygens (including phenoxy) is 1. The average molecular weight is 276 g/mol. The van der Waals surface area contributed by atoms with E-state index in [0.29, 0.717) is 25.7 Å². The molecule has 1 aromatic carbocycles. The first-order chi connectivity index (χ1) is 9.68. The second-order valence-corrected chi connectivity index (χ2v) is 5.50. The van der Waals surface area contributed by atoms with Gasteiger partial charge in [0.25, 0.3) is 0 Å². The van der Waals surface area contributed by atoms with Crippen LogP contribution in [0.1, 0.15) is 12.5 Å². The van der Waals surface area contributed by atoms with Crippen LogP contribution in [-0.4, -0.2) is 44.1 Å². The minimum Gasteiger partial charge on any atom is -0.375 e. The Hall–Kier alpha value is -1.39. The normalized spacial score (nSPS) is 16.5. The molecule has 0 spiro atoms. The Morgan fingerprint density at radius 3 is 2.70 bits per heavy atom. The fourth-order valence-corrected chi connectivity index (χ4v) is 2.29. The first-order valence-electron chi connectivity index (χ1n) is 7.26. The molecular formula is C16H24N2O2. The Labute approximate surface area is 121 Å². The second kappa shape index (κ2) is 7.41. The Kier molecular flexibility index (Phi) is 5.56. The monoisotopic (exact) mass is 276 g/mol. The fraction of sp³-hybridized carbons (Fsp3) is 0.562. The van der Waals surface area contributed by atoms with Gasteiger partial charge in [-0.15, -0.1) is 0 Å². The number of likely N-dealkylation sites (N-methyl/N-ethyl adjacent to an activating group) is 1. The van der Waals surface area contributed by atoms with Crippen molar-refractivity contribution in [3.05, 3.63) is 35.9 Å². The van der Waals surface area contributed by atoms with Crippen LogP contribution in [0.4, 0.5) is 0 Å². The van der Waals surface area contributed by atoms with Gasteiger partial charge in [-0.05, 0) is 24.6 Å². The zero-order valence-corrected chi connectivity index (χ0v) is 12.3. The Balaban J connectivity index is 1.64. The third-order valence-corrected chi connectivity index (χ3v) is 3.97. The van der Waals surface area contributed by atoms with E-state index in [1.54, 1.807) is 4.90 Å². The van der Waals surface area contributed by atoms with Crippen molar-refractivity contribution in [1.82, 2.24) is 10.2 Å². The summed E-state index contributed by atoms with van der Waals surface area (Å²) in [5, 5.41) is 3.21. The molecular weight excluding hydrogens is 252 g/mol. The van der Waals surface area contributed by atoms with E-state index in [-0.39, 0.29) is 11.8 Å². The highest BCUT2D eigenvalue weighted by molar-refractivity contribution is 5.78. The number of benzene rings is 1. The van der Waals surface area contributed by atoms with Crippen molar-refractivity contribution in [2.45, 2.75) is 13.5 Å². The van der Waals surface area contributed by atoms with Gasteiger partial charge in [0, 0.05) is 19.5 Å². The summed E-state index contributed by atoms with van der Waals surface area (Å²) in [5.74, 6) is 0.824. The Bertz CT molecular complexity index is 418. The lowest BCUT2D eigenvalue weighted by Crippen LogP contribution is -2.50. The van der Waals surface area contributed by atoms with Crippen LogP contribution in [0.2, 0.25) is 0 Å². The first kappa shape index (κ1) is 15.0. The maximum Gasteiger partial charge on any atom is 0.225 e. The van der Waals surface area contributed by atoms with Gasteiger partial charge in [-0.25, -0.2) is 0 Å². The van der Waals surface area contributed by atoms with Gasteiger partial charge in [0.2, 0.25) is 5.91 Å². The van der Waals surface area contributed by atoms with Crippen molar-refractivity contribution in [2.75, 3.05) is 33.3 Å². The largest absolute Gasteiger partial charge is 0.375 e. The maximum atomic E-state index is 12.2. The zero-order chi connectivity index (χ0) is 14.4. The van der Waals surface area contributed by atoms with Crippen LogP contribution in [0, 0.1) is 11.8 Å². The molecule has 1 aliphatic heterocycles. The molecule has 1 aliphatic rings. The third kappa shape index (κ3) is 4.05. The highest BCUT2D eigenvalue weighted by Gasteiger charge is 2.30. The van der Waals surface area contributed by atoms with Gasteiger partial charge in [-0.1, -0.05) is 37.3 Å². The van der Waals surface area contributed by atoms with Crippen molar-refractivity contribution in [3.63, 3.8) is 0 Å². The summed E-state index contributed by atoms with van der Waals surface area (Å²) in [4.78, 5) is 14.0. The molecule has 2 rings (SSSR count). The first-order valence-corrected chi connectivity index (χ1v) is 7.26. The molecule has 0 bridgehead atoms. The summed E-state index contributed by atoms with van der Waals surface area (Å²) >= 11 is 0. The average Bonchev–Trinajstić information content (AvgIpc) is 2.41. The van der Waals surface area contributed by atoms with Gasteiger partial charge in [0.05, 0.1) is 13.2 Å². The molecule has 1 fully saturated rings. The van der Waals surface area contributed by atoms with Gasteiger partial charge < -0.3 is 15.0 Å². The predicted molar refractivity (Wildman–Crippen MR) is 79.3 cm³/mol. The summed E-state index contributed by atoms with van der Waals surface area (Å²) in [5.41, 5.74) is 1.16. The van der Waals surface area contributed by atoms with E-state index < -0.39 is 0 Å². The van der Waals surface area contributed by atoms with Crippen LogP contribution in [0.15, 0.2) is 30.3 Å². The van der Waals surface area contributed by atoms with Gasteiger partial charge in [0.15, 0.2) is 0 Å². The molecule has 4 heteroatoms. The standard InChI is InChI=1S/C16H24N2O2/c1-13(15-10-17-11-15)16(19)18(2)8-9-20-12-14-6-4-3-5-7-14/h3-7,13,15,17H,8-12H2,1-2H3. The minimum absolute atomic E-state index is 0.107. The van der Waals surface area contributed by atoms with E-state index >= 15 is 0 Å². The number of rotatable bonds is 7. The molecule has 0 aliphatic carbocycles. The Morgan fingerprint density at radius 1 is 1.40 bits per heavy atom. The SMILES string of the molecule is CC(C(=O)N(C)CCOCc1ccccc1)C1CNC1. The highest BCUT2D eigenvalue weighted by atomic mass is 16.5. The number of hydrogen-bond donors (Lipinski definition) is 1. The van der Waals surface area contributed by atoms with Gasteiger partial charge in [-0.2, -0.15) is 0 Å². The van der Waals surface area contributed by atoms with Gasteiger partial charge >= 0.3 is 0 Å². The van der Waals surface area contributed by atoms with Crippen LogP contribution in [0.25, 0.3) is 0 Å². The molecule has 1 unspecified atom stereocenters. The van der Waals surface area contributed by atoms with E-state index in [9.17, 15) is 4.79 Å². The maximum absolute atomic E-state index is 12.2. The van der Waals surface area contributed by atoms with E-state index in [1.165, 1.54) is 0 Å². The molecule has 1 N–H and O–H groups in total. The molecule has 1 saturated heterocycles. The second-order valence-electron chi connectivity index (χ2n) is 5.50. The lowest BCUT2D eigenvalue weighted by atomic mass is 9.88. The number of nitrogens with one attached hydrogen (secondary N) is 1. The van der Waals surface area contributed by atoms with Crippen molar-refractivity contribution >= 4 is 5.91 Å². The number of nitrogens with zero attached hydrogens (tertiary/aromatic N) is 1. The van der Waals surface area contributed by atoms with Crippen LogP contribution in [-0.2, 0) is 16.1 Å². The molecule has 1 heterocycles. The number of amides is 1. The van der Waals surface area contributed by atoms with Crippen molar-refractivity contribution in [3.8, 4) is 0 Å². The summed E-state index contributed by atoms with van der Waals surface area (Å²) in [7, 11) is 1.86. The van der Waals surface area contributed by atoms with E-state index in [1.807, 2.05) is 44.3 Å². The molecule has 0 saturated carbocycles. The van der Waals surface area contributed by atoms with Gasteiger partial charge in [-0.3, -0.25) is 4.79 Å². The fourth-order valence-electron chi connectivity index (χ4n) is 2.29. The molecule has 1 atom stereocenters. The highest BCUT2D eigenvalue weighted by Crippen LogP contribution is 2.17. The summed E-state index contributed by atoms with van der Waals surface area (Å²) in [6.45, 7) is 5.78. The van der Waals surface area contributed by atoms with E-state index in [0.717, 1.165) is 18.7 Å².